The number of carboxylic acid groups (broad SMARTS) is 1. The van der Waals surface area contributed by atoms with Crippen molar-refractivity contribution in [3.8, 4) is 0 Å². The summed E-state index contributed by atoms with van der Waals surface area (Å²) in [5, 5.41) is 9.15. The van der Waals surface area contributed by atoms with Gasteiger partial charge in [0, 0.05) is 13.6 Å². The van der Waals surface area contributed by atoms with Gasteiger partial charge in [-0.3, -0.25) is 4.79 Å². The van der Waals surface area contributed by atoms with Crippen LogP contribution >= 0.6 is 0 Å². The third-order valence-corrected chi connectivity index (χ3v) is 3.39. The highest BCUT2D eigenvalue weighted by molar-refractivity contribution is 5.85. The lowest BCUT2D eigenvalue weighted by Gasteiger charge is -2.29. The Morgan fingerprint density at radius 3 is 2.35 bits per heavy atom. The molecule has 0 aromatic carbocycles. The maximum Gasteiger partial charge on any atom is 0.326 e. The summed E-state index contributed by atoms with van der Waals surface area (Å²) in [6, 6.07) is -0.728. The number of rotatable bonds is 4. The largest absolute Gasteiger partial charge is 0.480 e. The van der Waals surface area contributed by atoms with Gasteiger partial charge >= 0.3 is 5.97 Å². The average Bonchev–Trinajstić information content (AvgIpc) is 2.62. The Hall–Kier alpha value is -1.10. The second kappa shape index (κ2) is 5.49. The fourth-order valence-electron chi connectivity index (χ4n) is 2.46. The molecule has 1 rings (SSSR count). The van der Waals surface area contributed by atoms with E-state index >= 15 is 0 Å². The topological polar surface area (TPSA) is 60.9 Å². The van der Waals surface area contributed by atoms with Gasteiger partial charge in [-0.15, -0.1) is 0 Å². The zero-order chi connectivity index (χ0) is 13.2. The van der Waals surface area contributed by atoms with Gasteiger partial charge in [0.15, 0.2) is 0 Å². The predicted octanol–water partition coefficient (Wildman–Crippen LogP) is 0.506. The van der Waals surface area contributed by atoms with Crippen LogP contribution in [-0.2, 0) is 9.59 Å². The second-order valence-electron chi connectivity index (χ2n) is 5.22. The van der Waals surface area contributed by atoms with Crippen LogP contribution in [0.1, 0.15) is 20.3 Å². The van der Waals surface area contributed by atoms with Crippen LogP contribution < -0.4 is 0 Å². The molecule has 5 nitrogen and oxygen atoms in total. The normalized spacial score (nSPS) is 22.8. The first kappa shape index (κ1) is 14.0. The molecule has 0 saturated carbocycles. The van der Waals surface area contributed by atoms with Gasteiger partial charge in [0.1, 0.15) is 6.04 Å². The number of carboxylic acids is 1. The van der Waals surface area contributed by atoms with E-state index in [2.05, 4.69) is 4.90 Å². The molecule has 2 unspecified atom stereocenters. The summed E-state index contributed by atoms with van der Waals surface area (Å²) < 4.78 is 0. The molecule has 0 aliphatic carbocycles. The van der Waals surface area contributed by atoms with E-state index in [0.717, 1.165) is 19.5 Å². The van der Waals surface area contributed by atoms with Gasteiger partial charge in [-0.2, -0.15) is 0 Å². The third-order valence-electron chi connectivity index (χ3n) is 3.39. The summed E-state index contributed by atoms with van der Waals surface area (Å²) in [7, 11) is 3.57. The molecule has 1 N–H and O–H groups in total. The molecular weight excluding hydrogens is 220 g/mol. The minimum Gasteiger partial charge on any atom is -0.480 e. The number of hydrogen-bond acceptors (Lipinski definition) is 3. The number of carbonyl (C=O) groups is 2. The highest BCUT2D eigenvalue weighted by Crippen LogP contribution is 2.19. The Kier molecular flexibility index (Phi) is 4.51. The molecule has 0 aromatic heterocycles. The number of hydrogen-bond donors (Lipinski definition) is 1. The maximum atomic E-state index is 12.2. The first-order valence-corrected chi connectivity index (χ1v) is 6.02. The molecular formula is C12H22N2O3. The molecule has 1 fully saturated rings. The van der Waals surface area contributed by atoms with E-state index in [-0.39, 0.29) is 17.7 Å². The standard InChI is InChI=1S/C12H22N2O3/c1-8(2)10(12(16)17)14(4)11(15)9-5-6-13(3)7-9/h8-10H,5-7H2,1-4H3,(H,16,17). The number of carbonyl (C=O) groups excluding carboxylic acids is 1. The fraction of sp³-hybridized carbons (Fsp3) is 0.833. The van der Waals surface area contributed by atoms with Gasteiger partial charge in [0.05, 0.1) is 5.92 Å². The number of amides is 1. The van der Waals surface area contributed by atoms with Crippen molar-refractivity contribution in [3.05, 3.63) is 0 Å². The Balaban J connectivity index is 2.70. The SMILES string of the molecule is CC(C)C(C(=O)O)N(C)C(=O)C1CCN(C)C1. The van der Waals surface area contributed by atoms with Crippen molar-refractivity contribution in [2.75, 3.05) is 27.2 Å². The summed E-state index contributed by atoms with van der Waals surface area (Å²) in [4.78, 5) is 26.8. The van der Waals surface area contributed by atoms with Crippen LogP contribution in [0.2, 0.25) is 0 Å². The first-order chi connectivity index (χ1) is 7.84. The molecule has 1 aliphatic rings. The molecule has 0 bridgehead atoms. The molecule has 0 aromatic rings. The lowest BCUT2D eigenvalue weighted by atomic mass is 10.0. The van der Waals surface area contributed by atoms with Gasteiger partial charge < -0.3 is 14.9 Å². The number of aliphatic carboxylic acids is 1. The summed E-state index contributed by atoms with van der Waals surface area (Å²) >= 11 is 0. The van der Waals surface area contributed by atoms with Crippen molar-refractivity contribution in [2.24, 2.45) is 11.8 Å². The van der Waals surface area contributed by atoms with Crippen LogP contribution in [0.3, 0.4) is 0 Å². The molecule has 2 atom stereocenters. The average molecular weight is 242 g/mol. The lowest BCUT2D eigenvalue weighted by Crippen LogP contribution is -2.48. The molecule has 0 radical (unpaired) electrons. The van der Waals surface area contributed by atoms with E-state index in [1.165, 1.54) is 4.90 Å². The molecule has 5 heteroatoms. The van der Waals surface area contributed by atoms with Crippen LogP contribution in [0, 0.1) is 11.8 Å². The van der Waals surface area contributed by atoms with Crippen molar-refractivity contribution in [1.82, 2.24) is 9.80 Å². The number of nitrogens with zero attached hydrogens (tertiary/aromatic N) is 2. The predicted molar refractivity (Wildman–Crippen MR) is 64.6 cm³/mol. The van der Waals surface area contributed by atoms with E-state index in [4.69, 9.17) is 5.11 Å². The summed E-state index contributed by atoms with van der Waals surface area (Å²) in [5.41, 5.74) is 0. The highest BCUT2D eigenvalue weighted by Gasteiger charge is 2.35. The lowest BCUT2D eigenvalue weighted by molar-refractivity contribution is -0.152. The number of likely N-dealkylation sites (N-methyl/N-ethyl adjacent to an activating group) is 1. The first-order valence-electron chi connectivity index (χ1n) is 6.02. The Bertz CT molecular complexity index is 304. The molecule has 1 aliphatic heterocycles. The van der Waals surface area contributed by atoms with Crippen molar-refractivity contribution < 1.29 is 14.7 Å². The highest BCUT2D eigenvalue weighted by atomic mass is 16.4. The zero-order valence-corrected chi connectivity index (χ0v) is 11.0. The second-order valence-corrected chi connectivity index (χ2v) is 5.22. The van der Waals surface area contributed by atoms with E-state index in [9.17, 15) is 9.59 Å². The third kappa shape index (κ3) is 3.19. The molecule has 98 valence electrons. The Labute approximate surface area is 102 Å². The van der Waals surface area contributed by atoms with Gasteiger partial charge in [-0.05, 0) is 25.9 Å². The smallest absolute Gasteiger partial charge is 0.326 e. The minimum atomic E-state index is -0.929. The van der Waals surface area contributed by atoms with Crippen LogP contribution in [0.15, 0.2) is 0 Å². The van der Waals surface area contributed by atoms with Crippen LogP contribution in [0.4, 0.5) is 0 Å². The van der Waals surface area contributed by atoms with E-state index in [0.29, 0.717) is 0 Å². The maximum absolute atomic E-state index is 12.2. The Morgan fingerprint density at radius 1 is 1.41 bits per heavy atom. The summed E-state index contributed by atoms with van der Waals surface area (Å²) in [5.74, 6) is -1.11. The van der Waals surface area contributed by atoms with Gasteiger partial charge in [-0.1, -0.05) is 13.8 Å². The van der Waals surface area contributed by atoms with Crippen LogP contribution in [0.25, 0.3) is 0 Å². The van der Waals surface area contributed by atoms with Crippen molar-refractivity contribution >= 4 is 11.9 Å². The summed E-state index contributed by atoms with van der Waals surface area (Å²) in [6.45, 7) is 5.28. The quantitative estimate of drug-likeness (QED) is 0.780. The Morgan fingerprint density at radius 2 is 2.00 bits per heavy atom. The zero-order valence-electron chi connectivity index (χ0n) is 11.0. The van der Waals surface area contributed by atoms with Crippen molar-refractivity contribution in [3.63, 3.8) is 0 Å². The fourth-order valence-corrected chi connectivity index (χ4v) is 2.46. The van der Waals surface area contributed by atoms with Crippen LogP contribution in [0.5, 0.6) is 0 Å². The molecule has 1 saturated heterocycles. The monoisotopic (exact) mass is 242 g/mol. The molecule has 1 heterocycles. The van der Waals surface area contributed by atoms with Gasteiger partial charge in [0.25, 0.3) is 0 Å². The van der Waals surface area contributed by atoms with E-state index < -0.39 is 12.0 Å². The van der Waals surface area contributed by atoms with E-state index in [1.807, 2.05) is 20.9 Å². The van der Waals surface area contributed by atoms with Crippen molar-refractivity contribution in [1.29, 1.82) is 0 Å². The van der Waals surface area contributed by atoms with Gasteiger partial charge in [-0.25, -0.2) is 4.79 Å². The van der Waals surface area contributed by atoms with E-state index in [1.54, 1.807) is 7.05 Å². The number of likely N-dealkylation sites (tertiary alicyclic amines) is 1. The van der Waals surface area contributed by atoms with Crippen molar-refractivity contribution in [2.45, 2.75) is 26.3 Å². The van der Waals surface area contributed by atoms with Crippen LogP contribution in [-0.4, -0.2) is 60.0 Å². The van der Waals surface area contributed by atoms with Gasteiger partial charge in [0.2, 0.25) is 5.91 Å². The molecule has 1 amide bonds. The summed E-state index contributed by atoms with van der Waals surface area (Å²) in [6.07, 6.45) is 0.824. The minimum absolute atomic E-state index is 0.0459. The molecule has 0 spiro atoms. The molecule has 17 heavy (non-hydrogen) atoms.